The lowest BCUT2D eigenvalue weighted by molar-refractivity contribution is 0.355. The first-order chi connectivity index (χ1) is 8.58. The number of methoxy groups -OCH3 is 2. The molecule has 0 aliphatic heterocycles. The summed E-state index contributed by atoms with van der Waals surface area (Å²) in [6.45, 7) is 3.84. The predicted octanol–water partition coefficient (Wildman–Crippen LogP) is 1.99. The molecule has 0 unspecified atom stereocenters. The minimum Gasteiger partial charge on any atom is -0.493 e. The molecule has 5 nitrogen and oxygen atoms in total. The second kappa shape index (κ2) is 4.68. The Morgan fingerprint density at radius 3 is 2.33 bits per heavy atom. The standard InChI is InChI=1S/C13H16N2O3/c1-8(2)15-13(16)10-6-12(18-4)11(17-3)5-9(10)7-14-15/h5-8H,1-4H3. The Morgan fingerprint density at radius 2 is 1.78 bits per heavy atom. The molecule has 0 radical (unpaired) electrons. The zero-order chi connectivity index (χ0) is 13.3. The van der Waals surface area contributed by atoms with Crippen molar-refractivity contribution in [1.82, 2.24) is 9.78 Å². The molecule has 1 heterocycles. The lowest BCUT2D eigenvalue weighted by Gasteiger charge is -2.11. The van der Waals surface area contributed by atoms with Crippen molar-refractivity contribution in [3.8, 4) is 11.5 Å². The van der Waals surface area contributed by atoms with Gasteiger partial charge in [-0.1, -0.05) is 0 Å². The summed E-state index contributed by atoms with van der Waals surface area (Å²) in [4.78, 5) is 12.2. The third-order valence-electron chi connectivity index (χ3n) is 2.80. The summed E-state index contributed by atoms with van der Waals surface area (Å²) in [6.07, 6.45) is 1.67. The second-order valence-corrected chi connectivity index (χ2v) is 4.28. The van der Waals surface area contributed by atoms with Crippen LogP contribution in [0.3, 0.4) is 0 Å². The van der Waals surface area contributed by atoms with E-state index in [4.69, 9.17) is 9.47 Å². The lowest BCUT2D eigenvalue weighted by Crippen LogP contribution is -2.24. The van der Waals surface area contributed by atoms with Gasteiger partial charge in [0.1, 0.15) is 0 Å². The number of hydrogen-bond acceptors (Lipinski definition) is 4. The van der Waals surface area contributed by atoms with Crippen molar-refractivity contribution in [3.63, 3.8) is 0 Å². The van der Waals surface area contributed by atoms with Gasteiger partial charge in [-0.2, -0.15) is 5.10 Å². The van der Waals surface area contributed by atoms with E-state index in [0.717, 1.165) is 5.39 Å². The second-order valence-electron chi connectivity index (χ2n) is 4.28. The third kappa shape index (κ3) is 1.92. The predicted molar refractivity (Wildman–Crippen MR) is 69.5 cm³/mol. The molecule has 0 saturated carbocycles. The molecule has 96 valence electrons. The first-order valence-corrected chi connectivity index (χ1v) is 5.72. The van der Waals surface area contributed by atoms with Gasteiger partial charge in [0, 0.05) is 5.39 Å². The van der Waals surface area contributed by atoms with E-state index in [0.29, 0.717) is 16.9 Å². The van der Waals surface area contributed by atoms with E-state index in [1.165, 1.54) is 4.68 Å². The Labute approximate surface area is 105 Å². The zero-order valence-corrected chi connectivity index (χ0v) is 10.9. The van der Waals surface area contributed by atoms with Crippen LogP contribution in [-0.4, -0.2) is 24.0 Å². The van der Waals surface area contributed by atoms with Gasteiger partial charge in [-0.05, 0) is 26.0 Å². The highest BCUT2D eigenvalue weighted by Crippen LogP contribution is 2.30. The maximum absolute atomic E-state index is 12.2. The molecule has 0 fully saturated rings. The van der Waals surface area contributed by atoms with Gasteiger partial charge in [-0.15, -0.1) is 0 Å². The fraction of sp³-hybridized carbons (Fsp3) is 0.385. The van der Waals surface area contributed by atoms with Crippen LogP contribution in [0.4, 0.5) is 0 Å². The maximum atomic E-state index is 12.2. The highest BCUT2D eigenvalue weighted by molar-refractivity contribution is 5.84. The average molecular weight is 248 g/mol. The highest BCUT2D eigenvalue weighted by Gasteiger charge is 2.11. The maximum Gasteiger partial charge on any atom is 0.275 e. The molecule has 0 amide bonds. The Balaban J connectivity index is 2.78. The van der Waals surface area contributed by atoms with E-state index in [2.05, 4.69) is 5.10 Å². The van der Waals surface area contributed by atoms with Crippen LogP contribution in [0.15, 0.2) is 23.1 Å². The van der Waals surface area contributed by atoms with Gasteiger partial charge >= 0.3 is 0 Å². The topological polar surface area (TPSA) is 53.4 Å². The SMILES string of the molecule is COc1cc2cnn(C(C)C)c(=O)c2cc1OC. The number of nitrogens with zero attached hydrogens (tertiary/aromatic N) is 2. The molecule has 0 N–H and O–H groups in total. The minimum atomic E-state index is -0.122. The summed E-state index contributed by atoms with van der Waals surface area (Å²) < 4.78 is 11.9. The van der Waals surface area contributed by atoms with E-state index in [1.54, 1.807) is 32.5 Å². The molecule has 1 aromatic carbocycles. The molecule has 5 heteroatoms. The summed E-state index contributed by atoms with van der Waals surface area (Å²) in [5.41, 5.74) is -0.122. The first kappa shape index (κ1) is 12.4. The number of hydrogen-bond donors (Lipinski definition) is 0. The first-order valence-electron chi connectivity index (χ1n) is 5.72. The van der Waals surface area contributed by atoms with Crippen molar-refractivity contribution in [2.75, 3.05) is 14.2 Å². The van der Waals surface area contributed by atoms with Crippen LogP contribution in [0.25, 0.3) is 10.8 Å². The van der Waals surface area contributed by atoms with Gasteiger partial charge in [0.2, 0.25) is 0 Å². The Kier molecular flexibility index (Phi) is 3.23. The summed E-state index contributed by atoms with van der Waals surface area (Å²) >= 11 is 0. The number of aromatic nitrogens is 2. The van der Waals surface area contributed by atoms with Gasteiger partial charge in [-0.25, -0.2) is 4.68 Å². The van der Waals surface area contributed by atoms with Gasteiger partial charge < -0.3 is 9.47 Å². The quantitative estimate of drug-likeness (QED) is 0.833. The van der Waals surface area contributed by atoms with Gasteiger partial charge in [0.05, 0.1) is 31.8 Å². The third-order valence-corrected chi connectivity index (χ3v) is 2.80. The fourth-order valence-corrected chi connectivity index (χ4v) is 1.85. The van der Waals surface area contributed by atoms with Crippen LogP contribution in [0.1, 0.15) is 19.9 Å². The molecule has 0 spiro atoms. The van der Waals surface area contributed by atoms with Crippen molar-refractivity contribution < 1.29 is 9.47 Å². The van der Waals surface area contributed by atoms with Crippen molar-refractivity contribution in [2.45, 2.75) is 19.9 Å². The summed E-state index contributed by atoms with van der Waals surface area (Å²) in [5.74, 6) is 1.14. The summed E-state index contributed by atoms with van der Waals surface area (Å²) in [7, 11) is 3.11. The number of rotatable bonds is 3. The minimum absolute atomic E-state index is 0.0231. The van der Waals surface area contributed by atoms with Crippen molar-refractivity contribution >= 4 is 10.8 Å². The number of ether oxygens (including phenoxy) is 2. The van der Waals surface area contributed by atoms with Crippen LogP contribution in [0, 0.1) is 0 Å². The molecule has 2 rings (SSSR count). The van der Waals surface area contributed by atoms with Crippen molar-refractivity contribution in [1.29, 1.82) is 0 Å². The van der Waals surface area contributed by atoms with Crippen molar-refractivity contribution in [3.05, 3.63) is 28.7 Å². The summed E-state index contributed by atoms with van der Waals surface area (Å²) in [5, 5.41) is 5.47. The van der Waals surface area contributed by atoms with E-state index >= 15 is 0 Å². The van der Waals surface area contributed by atoms with E-state index in [9.17, 15) is 4.79 Å². The monoisotopic (exact) mass is 248 g/mol. The average Bonchev–Trinajstić information content (AvgIpc) is 2.37. The molecule has 0 aliphatic rings. The largest absolute Gasteiger partial charge is 0.493 e. The molecular formula is C13H16N2O3. The molecule has 0 bridgehead atoms. The normalized spacial score (nSPS) is 10.9. The Hall–Kier alpha value is -2.04. The van der Waals surface area contributed by atoms with Crippen LogP contribution >= 0.6 is 0 Å². The van der Waals surface area contributed by atoms with E-state index in [-0.39, 0.29) is 11.6 Å². The van der Waals surface area contributed by atoms with Crippen molar-refractivity contribution in [2.24, 2.45) is 0 Å². The smallest absolute Gasteiger partial charge is 0.275 e. The Bertz CT molecular complexity index is 632. The summed E-state index contributed by atoms with van der Waals surface area (Å²) in [6, 6.07) is 3.47. The molecule has 18 heavy (non-hydrogen) atoms. The van der Waals surface area contributed by atoms with Gasteiger partial charge in [0.15, 0.2) is 11.5 Å². The Morgan fingerprint density at radius 1 is 1.17 bits per heavy atom. The molecule has 0 atom stereocenters. The zero-order valence-electron chi connectivity index (χ0n) is 10.9. The molecular weight excluding hydrogens is 232 g/mol. The van der Waals surface area contributed by atoms with Crippen LogP contribution in [0.2, 0.25) is 0 Å². The fourth-order valence-electron chi connectivity index (χ4n) is 1.85. The lowest BCUT2D eigenvalue weighted by atomic mass is 10.1. The van der Waals surface area contributed by atoms with Gasteiger partial charge in [0.25, 0.3) is 5.56 Å². The highest BCUT2D eigenvalue weighted by atomic mass is 16.5. The van der Waals surface area contributed by atoms with Gasteiger partial charge in [-0.3, -0.25) is 4.79 Å². The van der Waals surface area contributed by atoms with Crippen LogP contribution in [-0.2, 0) is 0 Å². The van der Waals surface area contributed by atoms with E-state index < -0.39 is 0 Å². The molecule has 0 aliphatic carbocycles. The molecule has 1 aromatic heterocycles. The van der Waals surface area contributed by atoms with E-state index in [1.807, 2.05) is 13.8 Å². The molecule has 0 saturated heterocycles. The molecule has 2 aromatic rings. The van der Waals surface area contributed by atoms with Crippen LogP contribution < -0.4 is 15.0 Å². The number of fused-ring (bicyclic) bond motifs is 1. The van der Waals surface area contributed by atoms with Crippen LogP contribution in [0.5, 0.6) is 11.5 Å². The number of benzene rings is 1.